The molecule has 0 saturated carbocycles. The van der Waals surface area contributed by atoms with E-state index in [0.717, 1.165) is 4.90 Å². The molecule has 1 aromatic heterocycles. The number of rotatable bonds is 4. The maximum atomic E-state index is 13.1. The van der Waals surface area contributed by atoms with Crippen LogP contribution < -0.4 is 19.5 Å². The van der Waals surface area contributed by atoms with Gasteiger partial charge in [-0.15, -0.1) is 0 Å². The summed E-state index contributed by atoms with van der Waals surface area (Å²) < 4.78 is 39.6. The van der Waals surface area contributed by atoms with E-state index in [9.17, 15) is 23.1 Å². The number of carbonyl (C=O) groups is 2. The van der Waals surface area contributed by atoms with Crippen LogP contribution in [0.2, 0.25) is 0 Å². The number of hydrogen-bond donors (Lipinski definition) is 2. The van der Waals surface area contributed by atoms with Crippen LogP contribution in [0.15, 0.2) is 69.5 Å². The minimum Gasteiger partial charge on any atom is -0.507 e. The Bertz CT molecular complexity index is 1470. The highest BCUT2D eigenvalue weighted by Crippen LogP contribution is 2.44. The van der Waals surface area contributed by atoms with Crippen molar-refractivity contribution in [2.24, 2.45) is 5.14 Å². The van der Waals surface area contributed by atoms with E-state index in [1.165, 1.54) is 30.3 Å². The van der Waals surface area contributed by atoms with Crippen molar-refractivity contribution in [1.82, 2.24) is 0 Å². The van der Waals surface area contributed by atoms with E-state index in [2.05, 4.69) is 0 Å². The third kappa shape index (κ3) is 3.51. The van der Waals surface area contributed by atoms with Gasteiger partial charge in [-0.1, -0.05) is 0 Å². The third-order valence-electron chi connectivity index (χ3n) is 5.56. The van der Waals surface area contributed by atoms with Crippen LogP contribution >= 0.6 is 0 Å². The zero-order valence-electron chi connectivity index (χ0n) is 17.7. The van der Waals surface area contributed by atoms with E-state index in [4.69, 9.17) is 19.0 Å². The quantitative estimate of drug-likeness (QED) is 0.327. The number of sulfonamides is 1. The normalized spacial score (nSPS) is 19.1. The summed E-state index contributed by atoms with van der Waals surface area (Å²) in [6.45, 7) is 1.73. The van der Waals surface area contributed by atoms with Gasteiger partial charge in [-0.25, -0.2) is 13.6 Å². The molecule has 0 aliphatic carbocycles. The first-order chi connectivity index (χ1) is 16.1. The molecule has 1 saturated heterocycles. The summed E-state index contributed by atoms with van der Waals surface area (Å²) in [6.07, 6.45) is 0. The van der Waals surface area contributed by atoms with Gasteiger partial charge < -0.3 is 19.0 Å². The molecule has 11 heteroatoms. The van der Waals surface area contributed by atoms with Crippen LogP contribution in [0.4, 0.5) is 5.69 Å². The highest BCUT2D eigenvalue weighted by atomic mass is 32.2. The first-order valence-corrected chi connectivity index (χ1v) is 11.6. The Hall–Kier alpha value is -4.09. The van der Waals surface area contributed by atoms with E-state index in [0.29, 0.717) is 17.3 Å². The van der Waals surface area contributed by atoms with Crippen molar-refractivity contribution in [3.05, 3.63) is 77.3 Å². The predicted octanol–water partition coefficient (Wildman–Crippen LogP) is 2.59. The molecule has 34 heavy (non-hydrogen) atoms. The second-order valence-corrected chi connectivity index (χ2v) is 9.29. The number of benzene rings is 2. The number of aliphatic hydroxyl groups excluding tert-OH is 1. The maximum Gasteiger partial charge on any atom is 0.300 e. The van der Waals surface area contributed by atoms with Crippen molar-refractivity contribution >= 4 is 33.2 Å². The molecule has 3 N–H and O–H groups in total. The fraction of sp³-hybridized carbons (Fsp3) is 0.130. The molecular formula is C23H18N2O8S. The number of aryl methyl sites for hydroxylation is 1. The number of carbonyl (C=O) groups excluding carboxylic acids is 2. The van der Waals surface area contributed by atoms with Gasteiger partial charge in [0, 0.05) is 11.3 Å². The van der Waals surface area contributed by atoms with E-state index < -0.39 is 33.5 Å². The summed E-state index contributed by atoms with van der Waals surface area (Å²) in [5.41, 5.74) is 0.284. The second-order valence-electron chi connectivity index (χ2n) is 7.72. The van der Waals surface area contributed by atoms with Gasteiger partial charge in [-0.3, -0.25) is 14.5 Å². The number of ketones is 1. The molecule has 2 aliphatic rings. The van der Waals surface area contributed by atoms with Gasteiger partial charge in [0.15, 0.2) is 11.5 Å². The molecular weight excluding hydrogens is 464 g/mol. The number of ether oxygens (including phenoxy) is 2. The molecule has 2 aromatic carbocycles. The van der Waals surface area contributed by atoms with Crippen molar-refractivity contribution in [2.75, 3.05) is 11.7 Å². The Morgan fingerprint density at radius 1 is 1.03 bits per heavy atom. The predicted molar refractivity (Wildman–Crippen MR) is 119 cm³/mol. The molecule has 174 valence electrons. The number of nitrogens with zero attached hydrogens (tertiary/aromatic N) is 1. The number of primary sulfonamides is 1. The summed E-state index contributed by atoms with van der Waals surface area (Å²) in [4.78, 5) is 27.2. The minimum absolute atomic E-state index is 0.0319. The van der Waals surface area contributed by atoms with Crippen LogP contribution in [0.1, 0.15) is 23.1 Å². The number of anilines is 1. The molecule has 10 nitrogen and oxygen atoms in total. The fourth-order valence-electron chi connectivity index (χ4n) is 3.96. The molecule has 3 aromatic rings. The standard InChI is InChI=1S/C23H18N2O8S/c1-12-2-8-17(33-12)20-19(21(26)13-3-9-16-18(10-13)32-11-31-16)22(27)23(28)25(20)14-4-6-15(7-5-14)34(24,29)30/h2-10,20,26H,11H2,1H3,(H2,24,29,30)/b21-19-. The number of hydrogen-bond acceptors (Lipinski definition) is 8. The van der Waals surface area contributed by atoms with Gasteiger partial charge in [0.25, 0.3) is 11.7 Å². The molecule has 3 heterocycles. The number of Topliss-reactive ketones (excluding diaryl/α,β-unsaturated/α-hetero) is 1. The van der Waals surface area contributed by atoms with Gasteiger partial charge in [-0.2, -0.15) is 0 Å². The Labute approximate surface area is 193 Å². The van der Waals surface area contributed by atoms with Crippen molar-refractivity contribution in [3.63, 3.8) is 0 Å². The Morgan fingerprint density at radius 2 is 1.74 bits per heavy atom. The Morgan fingerprint density at radius 3 is 2.38 bits per heavy atom. The average Bonchev–Trinajstić information content (AvgIpc) is 3.51. The van der Waals surface area contributed by atoms with Crippen LogP contribution in [0.3, 0.4) is 0 Å². The SMILES string of the molecule is Cc1ccc(C2/C(=C(/O)c3ccc4c(c3)OCO4)C(=O)C(=O)N2c2ccc(S(N)(=O)=O)cc2)o1. The summed E-state index contributed by atoms with van der Waals surface area (Å²) in [6, 6.07) is 12.0. The third-order valence-corrected chi connectivity index (χ3v) is 6.49. The number of amides is 1. The zero-order chi connectivity index (χ0) is 24.2. The molecule has 1 fully saturated rings. The second kappa shape index (κ2) is 7.75. The lowest BCUT2D eigenvalue weighted by molar-refractivity contribution is -0.132. The Balaban J connectivity index is 1.67. The van der Waals surface area contributed by atoms with E-state index in [1.807, 2.05) is 0 Å². The lowest BCUT2D eigenvalue weighted by Crippen LogP contribution is -2.29. The molecule has 0 bridgehead atoms. The molecule has 1 unspecified atom stereocenters. The van der Waals surface area contributed by atoms with Crippen LogP contribution in [0.5, 0.6) is 11.5 Å². The molecule has 0 radical (unpaired) electrons. The van der Waals surface area contributed by atoms with Gasteiger partial charge in [0.2, 0.25) is 16.8 Å². The number of fused-ring (bicyclic) bond motifs is 1. The van der Waals surface area contributed by atoms with Crippen LogP contribution in [0, 0.1) is 6.92 Å². The fourth-order valence-corrected chi connectivity index (χ4v) is 4.48. The summed E-state index contributed by atoms with van der Waals surface area (Å²) in [7, 11) is -3.96. The highest BCUT2D eigenvalue weighted by Gasteiger charge is 2.48. The van der Waals surface area contributed by atoms with Gasteiger partial charge >= 0.3 is 0 Å². The number of aliphatic hydroxyl groups is 1. The van der Waals surface area contributed by atoms with Gasteiger partial charge in [0.1, 0.15) is 23.3 Å². The number of nitrogens with two attached hydrogens (primary N) is 1. The topological polar surface area (TPSA) is 149 Å². The molecule has 1 amide bonds. The summed E-state index contributed by atoms with van der Waals surface area (Å²) >= 11 is 0. The van der Waals surface area contributed by atoms with Crippen molar-refractivity contribution < 1.29 is 37.0 Å². The maximum absolute atomic E-state index is 13.1. The monoisotopic (exact) mass is 482 g/mol. The van der Waals surface area contributed by atoms with E-state index >= 15 is 0 Å². The number of furan rings is 1. The van der Waals surface area contributed by atoms with E-state index in [1.54, 1.807) is 31.2 Å². The molecule has 1 atom stereocenters. The molecule has 2 aliphatic heterocycles. The summed E-state index contributed by atoms with van der Waals surface area (Å²) in [5.74, 6) is -0.594. The van der Waals surface area contributed by atoms with Crippen LogP contribution in [0.25, 0.3) is 5.76 Å². The van der Waals surface area contributed by atoms with Gasteiger partial charge in [-0.05, 0) is 61.5 Å². The van der Waals surface area contributed by atoms with Crippen molar-refractivity contribution in [1.29, 1.82) is 0 Å². The average molecular weight is 482 g/mol. The van der Waals surface area contributed by atoms with Crippen molar-refractivity contribution in [3.8, 4) is 11.5 Å². The molecule has 5 rings (SSSR count). The first kappa shape index (κ1) is 21.7. The molecule has 0 spiro atoms. The lowest BCUT2D eigenvalue weighted by Gasteiger charge is -2.23. The lowest BCUT2D eigenvalue weighted by atomic mass is 9.99. The van der Waals surface area contributed by atoms with Crippen LogP contribution in [-0.4, -0.2) is 32.0 Å². The zero-order valence-corrected chi connectivity index (χ0v) is 18.5. The summed E-state index contributed by atoms with van der Waals surface area (Å²) in [5, 5.41) is 16.3. The first-order valence-electron chi connectivity index (χ1n) is 10.1. The van der Waals surface area contributed by atoms with E-state index in [-0.39, 0.29) is 34.3 Å². The van der Waals surface area contributed by atoms with Gasteiger partial charge in [0.05, 0.1) is 10.5 Å². The largest absolute Gasteiger partial charge is 0.507 e. The van der Waals surface area contributed by atoms with Crippen molar-refractivity contribution in [2.45, 2.75) is 17.9 Å². The minimum atomic E-state index is -3.96. The Kier molecular flexibility index (Phi) is 4.95. The smallest absolute Gasteiger partial charge is 0.300 e. The highest BCUT2D eigenvalue weighted by molar-refractivity contribution is 7.89. The van der Waals surface area contributed by atoms with Crippen LogP contribution in [-0.2, 0) is 19.6 Å².